The molecule has 7 heteroatoms. The van der Waals surface area contributed by atoms with Crippen LogP contribution in [0.25, 0.3) is 0 Å². The molecule has 1 fully saturated rings. The number of hydrazine groups is 3. The summed E-state index contributed by atoms with van der Waals surface area (Å²) >= 11 is 0. The van der Waals surface area contributed by atoms with E-state index >= 15 is 0 Å². The second kappa shape index (κ2) is 6.40. The summed E-state index contributed by atoms with van der Waals surface area (Å²) in [6.45, 7) is 4.32. The van der Waals surface area contributed by atoms with Crippen molar-refractivity contribution in [3.8, 4) is 0 Å². The first-order chi connectivity index (χ1) is 12.1. The highest BCUT2D eigenvalue weighted by Crippen LogP contribution is 2.35. The zero-order valence-corrected chi connectivity index (χ0v) is 15.0. The van der Waals surface area contributed by atoms with Gasteiger partial charge in [0.1, 0.15) is 6.04 Å². The van der Waals surface area contributed by atoms with Crippen molar-refractivity contribution in [1.82, 2.24) is 15.1 Å². The van der Waals surface area contributed by atoms with Gasteiger partial charge in [0.05, 0.1) is 12.0 Å². The molecular weight excluding hydrogens is 314 g/mol. The first kappa shape index (κ1) is 16.5. The van der Waals surface area contributed by atoms with Crippen molar-refractivity contribution in [2.75, 3.05) is 20.1 Å². The van der Waals surface area contributed by atoms with Crippen LogP contribution >= 0.6 is 0 Å². The second-order valence-electron chi connectivity index (χ2n) is 7.41. The summed E-state index contributed by atoms with van der Waals surface area (Å²) in [5, 5.41) is 7.76. The van der Waals surface area contributed by atoms with Gasteiger partial charge in [-0.25, -0.2) is 11.0 Å². The van der Waals surface area contributed by atoms with Gasteiger partial charge in [-0.1, -0.05) is 23.7 Å². The average Bonchev–Trinajstić information content (AvgIpc) is 3.15. The Morgan fingerprint density at radius 3 is 2.96 bits per heavy atom. The summed E-state index contributed by atoms with van der Waals surface area (Å²) in [6, 6.07) is 8.98. The van der Waals surface area contributed by atoms with E-state index in [9.17, 15) is 0 Å². The number of nitrogens with zero attached hydrogens (tertiary/aromatic N) is 5. The van der Waals surface area contributed by atoms with E-state index in [2.05, 4.69) is 59.1 Å². The Kier molecular flexibility index (Phi) is 4.23. The Morgan fingerprint density at radius 2 is 2.16 bits per heavy atom. The van der Waals surface area contributed by atoms with E-state index in [-0.39, 0.29) is 6.04 Å². The molecule has 7 nitrogen and oxygen atoms in total. The molecule has 0 spiro atoms. The first-order valence-electron chi connectivity index (χ1n) is 9.13. The minimum absolute atomic E-state index is 0.0900. The topological polar surface area (TPSA) is 77.1 Å². The van der Waals surface area contributed by atoms with Crippen molar-refractivity contribution >= 4 is 18.1 Å². The van der Waals surface area contributed by atoms with Crippen LogP contribution in [0.4, 0.5) is 5.69 Å². The molecule has 134 valence electrons. The maximum atomic E-state index is 6.45. The number of likely N-dealkylation sites (tertiary alicyclic amines) is 1. The van der Waals surface area contributed by atoms with Crippen molar-refractivity contribution in [3.05, 3.63) is 29.8 Å². The molecule has 4 N–H and O–H groups in total. The highest BCUT2D eigenvalue weighted by molar-refractivity contribution is 5.65. The second-order valence-corrected chi connectivity index (χ2v) is 7.41. The van der Waals surface area contributed by atoms with Crippen LogP contribution in [0.15, 0.2) is 29.4 Å². The molecule has 0 saturated carbocycles. The normalized spacial score (nSPS) is 32.2. The highest BCUT2D eigenvalue weighted by atomic mass is 15.7. The van der Waals surface area contributed by atoms with Crippen LogP contribution in [-0.4, -0.2) is 58.4 Å². The SMILES string of the molecule is CCC1C=NN(N)C1c1cccc([N+]2=CC3CN(C)CCC3N2N)c1. The highest BCUT2D eigenvalue weighted by Gasteiger charge is 2.43. The minimum atomic E-state index is 0.0900. The van der Waals surface area contributed by atoms with Gasteiger partial charge in [0.25, 0.3) is 0 Å². The van der Waals surface area contributed by atoms with Crippen molar-refractivity contribution in [2.45, 2.75) is 31.8 Å². The molecule has 0 radical (unpaired) electrons. The quantitative estimate of drug-likeness (QED) is 0.635. The molecule has 4 atom stereocenters. The number of piperidine rings is 1. The number of hydrogen-bond donors (Lipinski definition) is 2. The summed E-state index contributed by atoms with van der Waals surface area (Å²) < 4.78 is 2.11. The van der Waals surface area contributed by atoms with E-state index in [1.807, 2.05) is 11.3 Å². The molecule has 1 saturated heterocycles. The lowest BCUT2D eigenvalue weighted by Gasteiger charge is -2.31. The molecule has 0 aromatic heterocycles. The molecular formula is C18H28N7+. The number of hydrogen-bond acceptors (Lipinski definition) is 6. The monoisotopic (exact) mass is 342 g/mol. The van der Waals surface area contributed by atoms with E-state index in [4.69, 9.17) is 11.7 Å². The van der Waals surface area contributed by atoms with Gasteiger partial charge in [0, 0.05) is 37.4 Å². The molecule has 0 amide bonds. The molecule has 1 aromatic rings. The van der Waals surface area contributed by atoms with Gasteiger partial charge in [-0.3, -0.25) is 0 Å². The van der Waals surface area contributed by atoms with E-state index in [1.54, 1.807) is 5.12 Å². The lowest BCUT2D eigenvalue weighted by Crippen LogP contribution is -2.49. The fourth-order valence-electron chi connectivity index (χ4n) is 4.34. The van der Waals surface area contributed by atoms with Crippen LogP contribution < -0.4 is 11.7 Å². The Balaban J connectivity index is 1.63. The zero-order chi connectivity index (χ0) is 17.6. The first-order valence-corrected chi connectivity index (χ1v) is 9.13. The smallest absolute Gasteiger partial charge is 0.236 e. The largest absolute Gasteiger partial charge is 0.305 e. The number of hydrazone groups is 2. The van der Waals surface area contributed by atoms with E-state index in [0.717, 1.165) is 31.6 Å². The van der Waals surface area contributed by atoms with Crippen molar-refractivity contribution in [3.63, 3.8) is 0 Å². The van der Waals surface area contributed by atoms with Gasteiger partial charge in [-0.05, 0) is 25.5 Å². The maximum Gasteiger partial charge on any atom is 0.236 e. The van der Waals surface area contributed by atoms with E-state index < -0.39 is 0 Å². The predicted molar refractivity (Wildman–Crippen MR) is 98.9 cm³/mol. The van der Waals surface area contributed by atoms with Gasteiger partial charge in [0.15, 0.2) is 6.21 Å². The van der Waals surface area contributed by atoms with E-state index in [1.165, 1.54) is 5.56 Å². The summed E-state index contributed by atoms with van der Waals surface area (Å²) in [4.78, 5) is 2.37. The van der Waals surface area contributed by atoms with Crippen LogP contribution in [0.5, 0.6) is 0 Å². The van der Waals surface area contributed by atoms with Gasteiger partial charge >= 0.3 is 0 Å². The number of rotatable bonds is 3. The van der Waals surface area contributed by atoms with Crippen LogP contribution in [-0.2, 0) is 0 Å². The fraction of sp³-hybridized carbons (Fsp3) is 0.556. The fourth-order valence-corrected chi connectivity index (χ4v) is 4.34. The summed E-state index contributed by atoms with van der Waals surface area (Å²) in [7, 11) is 2.18. The van der Waals surface area contributed by atoms with Gasteiger partial charge in [-0.15, -0.1) is 5.12 Å². The molecule has 4 unspecified atom stereocenters. The van der Waals surface area contributed by atoms with Crippen molar-refractivity contribution in [1.29, 1.82) is 0 Å². The van der Waals surface area contributed by atoms with Crippen molar-refractivity contribution in [2.24, 2.45) is 28.6 Å². The van der Waals surface area contributed by atoms with Gasteiger partial charge in [0.2, 0.25) is 5.69 Å². The van der Waals surface area contributed by atoms with Gasteiger partial charge < -0.3 is 4.90 Å². The lowest BCUT2D eigenvalue weighted by molar-refractivity contribution is -0.622. The summed E-state index contributed by atoms with van der Waals surface area (Å²) in [5.74, 6) is 13.3. The predicted octanol–water partition coefficient (Wildman–Crippen LogP) is 1.07. The molecule has 3 aliphatic rings. The Labute approximate surface area is 149 Å². The minimum Gasteiger partial charge on any atom is -0.305 e. The van der Waals surface area contributed by atoms with Crippen LogP contribution in [0, 0.1) is 11.8 Å². The lowest BCUT2D eigenvalue weighted by atomic mass is 9.93. The van der Waals surface area contributed by atoms with E-state index in [0.29, 0.717) is 17.9 Å². The molecule has 25 heavy (non-hydrogen) atoms. The van der Waals surface area contributed by atoms with Crippen LogP contribution in [0.3, 0.4) is 0 Å². The Morgan fingerprint density at radius 1 is 1.32 bits per heavy atom. The molecule has 0 bridgehead atoms. The number of benzene rings is 1. The molecule has 0 aliphatic carbocycles. The molecule has 3 heterocycles. The Hall–Kier alpha value is -1.96. The van der Waals surface area contributed by atoms with Gasteiger partial charge in [-0.2, -0.15) is 10.9 Å². The zero-order valence-electron chi connectivity index (χ0n) is 15.0. The molecule has 3 aliphatic heterocycles. The molecule has 4 rings (SSSR count). The van der Waals surface area contributed by atoms with Crippen molar-refractivity contribution < 1.29 is 4.68 Å². The average molecular weight is 342 g/mol. The Bertz CT molecular complexity index is 700. The standard InChI is InChI=1S/C18H28N7/c1-3-13-10-21-24(19)18(13)14-5-4-6-16(9-14)23-12-15-11-22(2)8-7-17(15)25(23)20/h4-6,9-10,12-13,15,17-18H,3,7-8,11,19-20H2,1-2H3/q+1. The number of nitrogens with two attached hydrogens (primary N) is 2. The number of fused-ring (bicyclic) bond motifs is 1. The van der Waals surface area contributed by atoms with Crippen LogP contribution in [0.2, 0.25) is 0 Å². The van der Waals surface area contributed by atoms with Crippen LogP contribution in [0.1, 0.15) is 31.4 Å². The summed E-state index contributed by atoms with van der Waals surface area (Å²) in [6.07, 6.45) is 6.33. The molecule has 1 aromatic carbocycles. The summed E-state index contributed by atoms with van der Waals surface area (Å²) in [5.41, 5.74) is 2.27. The third-order valence-electron chi connectivity index (χ3n) is 5.77. The third kappa shape index (κ3) is 2.82. The third-order valence-corrected chi connectivity index (χ3v) is 5.77. The maximum absolute atomic E-state index is 6.45.